The van der Waals surface area contributed by atoms with Crippen molar-refractivity contribution < 1.29 is 28.3 Å². The number of ether oxygens (including phenoxy) is 3. The van der Waals surface area contributed by atoms with Crippen molar-refractivity contribution >= 4 is 22.4 Å². The smallest absolute Gasteiger partial charge is 0.269 e. The van der Waals surface area contributed by atoms with Gasteiger partial charge in [0.2, 0.25) is 11.2 Å². The van der Waals surface area contributed by atoms with Crippen LogP contribution in [0.3, 0.4) is 0 Å². The van der Waals surface area contributed by atoms with E-state index in [1.165, 1.54) is 42.7 Å². The van der Waals surface area contributed by atoms with E-state index in [0.717, 1.165) is 0 Å². The lowest BCUT2D eigenvalue weighted by atomic mass is 10.1. The third-order valence-corrected chi connectivity index (χ3v) is 4.77. The highest BCUT2D eigenvalue weighted by Crippen LogP contribution is 2.25. The van der Waals surface area contributed by atoms with Crippen molar-refractivity contribution in [1.82, 2.24) is 0 Å². The summed E-state index contributed by atoms with van der Waals surface area (Å²) in [4.78, 5) is 35.2. The summed E-state index contributed by atoms with van der Waals surface area (Å²) in [6, 6.07) is 16.6. The molecule has 3 aromatic carbocycles. The molecule has 4 rings (SSSR count). The highest BCUT2D eigenvalue weighted by atomic mass is 16.6. The standard InChI is InChI=1S/C24H17NO8/c1-30-17-6-8-18(9-7-17)33-23-14-32-22-12-19(10-11-20(22)24(23)27)31-13-21(26)15-2-4-16(5-3-15)25(28)29/h2-12,14H,13H2,1H3. The zero-order valence-corrected chi connectivity index (χ0v) is 17.3. The van der Waals surface area contributed by atoms with E-state index in [4.69, 9.17) is 18.6 Å². The molecule has 9 heteroatoms. The van der Waals surface area contributed by atoms with Crippen LogP contribution in [0.25, 0.3) is 11.0 Å². The van der Waals surface area contributed by atoms with Gasteiger partial charge in [-0.05, 0) is 48.5 Å². The van der Waals surface area contributed by atoms with E-state index in [2.05, 4.69) is 0 Å². The lowest BCUT2D eigenvalue weighted by Gasteiger charge is -2.08. The van der Waals surface area contributed by atoms with Crippen LogP contribution in [-0.2, 0) is 0 Å². The lowest BCUT2D eigenvalue weighted by Crippen LogP contribution is -2.11. The van der Waals surface area contributed by atoms with Crippen molar-refractivity contribution in [1.29, 1.82) is 0 Å². The van der Waals surface area contributed by atoms with Gasteiger partial charge in [-0.1, -0.05) is 0 Å². The van der Waals surface area contributed by atoms with Gasteiger partial charge in [-0.15, -0.1) is 0 Å². The van der Waals surface area contributed by atoms with E-state index in [0.29, 0.717) is 17.2 Å². The number of methoxy groups -OCH3 is 1. The van der Waals surface area contributed by atoms with E-state index < -0.39 is 4.92 Å². The average Bonchev–Trinajstić information content (AvgIpc) is 2.84. The van der Waals surface area contributed by atoms with Crippen LogP contribution in [0.1, 0.15) is 10.4 Å². The molecule has 1 heterocycles. The maximum absolute atomic E-state index is 12.7. The summed E-state index contributed by atoms with van der Waals surface area (Å²) in [5.74, 6) is 1.11. The van der Waals surface area contributed by atoms with E-state index in [-0.39, 0.29) is 45.8 Å². The number of carbonyl (C=O) groups excluding carboxylic acids is 1. The summed E-state index contributed by atoms with van der Waals surface area (Å²) >= 11 is 0. The number of fused-ring (bicyclic) bond motifs is 1. The van der Waals surface area contributed by atoms with Gasteiger partial charge < -0.3 is 18.6 Å². The van der Waals surface area contributed by atoms with Crippen molar-refractivity contribution in [2.45, 2.75) is 0 Å². The van der Waals surface area contributed by atoms with Gasteiger partial charge in [0, 0.05) is 23.8 Å². The number of ketones is 1. The maximum atomic E-state index is 12.7. The van der Waals surface area contributed by atoms with Gasteiger partial charge in [-0.25, -0.2) is 0 Å². The number of benzene rings is 3. The summed E-state index contributed by atoms with van der Waals surface area (Å²) in [5, 5.41) is 11.0. The summed E-state index contributed by atoms with van der Waals surface area (Å²) in [7, 11) is 1.55. The molecule has 0 spiro atoms. The van der Waals surface area contributed by atoms with Gasteiger partial charge in [0.15, 0.2) is 12.4 Å². The Morgan fingerprint density at radius 2 is 1.64 bits per heavy atom. The maximum Gasteiger partial charge on any atom is 0.269 e. The number of rotatable bonds is 8. The van der Waals surface area contributed by atoms with Crippen LogP contribution < -0.4 is 19.6 Å². The molecule has 0 aliphatic rings. The Morgan fingerprint density at radius 3 is 2.30 bits per heavy atom. The molecule has 0 bridgehead atoms. The minimum absolute atomic E-state index is 0.0229. The first-order valence-corrected chi connectivity index (χ1v) is 9.72. The molecule has 166 valence electrons. The first kappa shape index (κ1) is 21.6. The van der Waals surface area contributed by atoms with Crippen LogP contribution in [0.4, 0.5) is 5.69 Å². The lowest BCUT2D eigenvalue weighted by molar-refractivity contribution is -0.384. The Hall–Kier alpha value is -4.66. The number of Topliss-reactive ketones (excluding diaryl/α,β-unsaturated/α-hetero) is 1. The highest BCUT2D eigenvalue weighted by molar-refractivity contribution is 5.97. The molecule has 0 fully saturated rings. The van der Waals surface area contributed by atoms with Crippen LogP contribution >= 0.6 is 0 Å². The Bertz CT molecular complexity index is 1370. The van der Waals surface area contributed by atoms with Gasteiger partial charge in [0.05, 0.1) is 17.4 Å². The number of non-ortho nitro benzene ring substituents is 1. The van der Waals surface area contributed by atoms with Gasteiger partial charge in [0.1, 0.15) is 29.1 Å². The first-order chi connectivity index (χ1) is 15.9. The zero-order chi connectivity index (χ0) is 23.4. The summed E-state index contributed by atoms with van der Waals surface area (Å²) in [5.41, 5.74) is 0.0866. The van der Waals surface area contributed by atoms with E-state index in [9.17, 15) is 19.7 Å². The number of carbonyl (C=O) groups is 1. The fourth-order valence-electron chi connectivity index (χ4n) is 3.02. The molecule has 1 aromatic heterocycles. The predicted molar refractivity (Wildman–Crippen MR) is 118 cm³/mol. The minimum atomic E-state index is -0.541. The Labute approximate surface area is 186 Å². The molecule has 0 atom stereocenters. The molecule has 0 saturated carbocycles. The number of nitrogens with zero attached hydrogens (tertiary/aromatic N) is 1. The summed E-state index contributed by atoms with van der Waals surface area (Å²) < 4.78 is 21.7. The topological polar surface area (TPSA) is 118 Å². The van der Waals surface area contributed by atoms with Crippen LogP contribution in [0.2, 0.25) is 0 Å². The largest absolute Gasteiger partial charge is 0.497 e. The second-order valence-electron chi connectivity index (χ2n) is 6.88. The Kier molecular flexibility index (Phi) is 6.03. The van der Waals surface area contributed by atoms with E-state index in [1.807, 2.05) is 0 Å². The third kappa shape index (κ3) is 4.82. The number of nitro groups is 1. The van der Waals surface area contributed by atoms with Gasteiger partial charge in [-0.3, -0.25) is 19.7 Å². The molecule has 0 amide bonds. The molecule has 4 aromatic rings. The zero-order valence-electron chi connectivity index (χ0n) is 17.3. The van der Waals surface area contributed by atoms with Crippen molar-refractivity contribution in [3.8, 4) is 23.0 Å². The van der Waals surface area contributed by atoms with E-state index >= 15 is 0 Å². The quantitative estimate of drug-likeness (QED) is 0.215. The van der Waals surface area contributed by atoms with Crippen LogP contribution in [-0.4, -0.2) is 24.4 Å². The van der Waals surface area contributed by atoms with Gasteiger partial charge in [-0.2, -0.15) is 0 Å². The van der Waals surface area contributed by atoms with Crippen molar-refractivity contribution in [2.24, 2.45) is 0 Å². The molecule has 0 saturated heterocycles. The highest BCUT2D eigenvalue weighted by Gasteiger charge is 2.13. The summed E-state index contributed by atoms with van der Waals surface area (Å²) in [6.45, 7) is -0.286. The van der Waals surface area contributed by atoms with Crippen LogP contribution in [0.15, 0.2) is 82.2 Å². The molecule has 0 unspecified atom stereocenters. The van der Waals surface area contributed by atoms with Crippen LogP contribution in [0.5, 0.6) is 23.0 Å². The number of hydrogen-bond acceptors (Lipinski definition) is 8. The van der Waals surface area contributed by atoms with Crippen molar-refractivity contribution in [3.63, 3.8) is 0 Å². The molecule has 0 aliphatic carbocycles. The molecule has 0 N–H and O–H groups in total. The second-order valence-corrected chi connectivity index (χ2v) is 6.88. The fourth-order valence-corrected chi connectivity index (χ4v) is 3.02. The number of hydrogen-bond donors (Lipinski definition) is 0. The monoisotopic (exact) mass is 447 g/mol. The molecular weight excluding hydrogens is 430 g/mol. The van der Waals surface area contributed by atoms with Crippen molar-refractivity contribution in [2.75, 3.05) is 13.7 Å². The third-order valence-electron chi connectivity index (χ3n) is 4.77. The first-order valence-electron chi connectivity index (χ1n) is 9.72. The number of nitro benzene ring substituents is 1. The van der Waals surface area contributed by atoms with Gasteiger partial charge >= 0.3 is 0 Å². The average molecular weight is 447 g/mol. The molecule has 33 heavy (non-hydrogen) atoms. The fraction of sp³-hybridized carbons (Fsp3) is 0.0833. The molecule has 0 radical (unpaired) electrons. The van der Waals surface area contributed by atoms with E-state index in [1.54, 1.807) is 37.4 Å². The molecule has 9 nitrogen and oxygen atoms in total. The van der Waals surface area contributed by atoms with Crippen LogP contribution in [0, 0.1) is 10.1 Å². The van der Waals surface area contributed by atoms with Gasteiger partial charge in [0.25, 0.3) is 5.69 Å². The normalized spacial score (nSPS) is 10.6. The Morgan fingerprint density at radius 1 is 0.970 bits per heavy atom. The minimum Gasteiger partial charge on any atom is -0.497 e. The van der Waals surface area contributed by atoms with Crippen molar-refractivity contribution in [3.05, 3.63) is 98.9 Å². The molecule has 0 aliphatic heterocycles. The SMILES string of the molecule is COc1ccc(Oc2coc3cc(OCC(=O)c4ccc([N+](=O)[O-])cc4)ccc3c2=O)cc1. The molecular formula is C24H17NO8. The second kappa shape index (κ2) is 9.23. The predicted octanol–water partition coefficient (Wildman–Crippen LogP) is 4.76. The Balaban J connectivity index is 1.46. The summed E-state index contributed by atoms with van der Waals surface area (Å²) in [6.07, 6.45) is 1.21.